The van der Waals surface area contributed by atoms with Crippen LogP contribution in [0, 0.1) is 18.6 Å². The van der Waals surface area contributed by atoms with Gasteiger partial charge >= 0.3 is 6.03 Å². The molecule has 124 valence electrons. The van der Waals surface area contributed by atoms with E-state index in [-0.39, 0.29) is 17.7 Å². The fourth-order valence-corrected chi connectivity index (χ4v) is 2.75. The van der Waals surface area contributed by atoms with E-state index >= 15 is 0 Å². The third-order valence-electron chi connectivity index (χ3n) is 3.95. The number of pyridine rings is 1. The van der Waals surface area contributed by atoms with Crippen LogP contribution in [0.5, 0.6) is 0 Å². The molecule has 1 fully saturated rings. The lowest BCUT2D eigenvalue weighted by Gasteiger charge is -2.27. The summed E-state index contributed by atoms with van der Waals surface area (Å²) >= 11 is 0. The maximum Gasteiger partial charge on any atom is 0.322 e. The van der Waals surface area contributed by atoms with Crippen molar-refractivity contribution in [3.63, 3.8) is 0 Å². The SMILES string of the molecule is Cc1cccn(CC2(c3ccc(F)cc3F)NC(=O)NC2=O)c1=O. The number of aryl methyl sites for hydroxylation is 1. The van der Waals surface area contributed by atoms with E-state index in [1.165, 1.54) is 10.8 Å². The van der Waals surface area contributed by atoms with Crippen molar-refractivity contribution in [2.45, 2.75) is 19.0 Å². The van der Waals surface area contributed by atoms with E-state index in [0.717, 1.165) is 12.1 Å². The number of nitrogens with zero attached hydrogens (tertiary/aromatic N) is 1. The number of carbonyl (C=O) groups is 2. The number of hydrogen-bond acceptors (Lipinski definition) is 3. The minimum Gasteiger partial charge on any atom is -0.318 e. The fourth-order valence-electron chi connectivity index (χ4n) is 2.75. The number of aromatic nitrogens is 1. The van der Waals surface area contributed by atoms with Gasteiger partial charge in [0.05, 0.1) is 6.54 Å². The molecule has 0 saturated carbocycles. The molecule has 3 rings (SSSR count). The number of hydrogen-bond donors (Lipinski definition) is 2. The second-order valence-electron chi connectivity index (χ2n) is 5.56. The number of carbonyl (C=O) groups excluding carboxylic acids is 2. The van der Waals surface area contributed by atoms with Crippen molar-refractivity contribution in [2.24, 2.45) is 0 Å². The Morgan fingerprint density at radius 3 is 2.54 bits per heavy atom. The molecule has 2 aromatic rings. The van der Waals surface area contributed by atoms with Crippen molar-refractivity contribution in [3.8, 4) is 0 Å². The van der Waals surface area contributed by atoms with E-state index < -0.39 is 29.1 Å². The molecule has 0 bridgehead atoms. The van der Waals surface area contributed by atoms with Crippen LogP contribution < -0.4 is 16.2 Å². The van der Waals surface area contributed by atoms with Gasteiger partial charge in [0.15, 0.2) is 5.54 Å². The third kappa shape index (κ3) is 2.45. The molecule has 1 aliphatic rings. The first-order valence-corrected chi connectivity index (χ1v) is 7.09. The van der Waals surface area contributed by atoms with Crippen LogP contribution in [0.3, 0.4) is 0 Å². The molecule has 24 heavy (non-hydrogen) atoms. The number of rotatable bonds is 3. The van der Waals surface area contributed by atoms with Gasteiger partial charge in [-0.1, -0.05) is 12.1 Å². The topological polar surface area (TPSA) is 80.2 Å². The number of halogens is 2. The Bertz CT molecular complexity index is 910. The Hall–Kier alpha value is -3.03. The molecule has 3 amide bonds. The summed E-state index contributed by atoms with van der Waals surface area (Å²) < 4.78 is 28.7. The highest BCUT2D eigenvalue weighted by Crippen LogP contribution is 2.29. The van der Waals surface area contributed by atoms with Gasteiger partial charge in [0.25, 0.3) is 11.5 Å². The summed E-state index contributed by atoms with van der Waals surface area (Å²) in [6.45, 7) is 1.27. The summed E-state index contributed by atoms with van der Waals surface area (Å²) in [5, 5.41) is 4.40. The quantitative estimate of drug-likeness (QED) is 0.828. The van der Waals surface area contributed by atoms with Crippen LogP contribution in [0.2, 0.25) is 0 Å². The lowest BCUT2D eigenvalue weighted by molar-refractivity contribution is -0.125. The maximum atomic E-state index is 14.3. The van der Waals surface area contributed by atoms with Gasteiger partial charge in [0.2, 0.25) is 0 Å². The van der Waals surface area contributed by atoms with Gasteiger partial charge < -0.3 is 9.88 Å². The van der Waals surface area contributed by atoms with Crippen LogP contribution in [0.4, 0.5) is 13.6 Å². The molecule has 1 aromatic carbocycles. The van der Waals surface area contributed by atoms with Crippen LogP contribution in [0.15, 0.2) is 41.3 Å². The zero-order valence-electron chi connectivity index (χ0n) is 12.6. The van der Waals surface area contributed by atoms with Crippen LogP contribution in [0.25, 0.3) is 0 Å². The predicted octanol–water partition coefficient (Wildman–Crippen LogP) is 1.17. The minimum atomic E-state index is -1.84. The largest absolute Gasteiger partial charge is 0.322 e. The number of imide groups is 1. The highest BCUT2D eigenvalue weighted by Gasteiger charge is 2.49. The van der Waals surface area contributed by atoms with Crippen molar-refractivity contribution < 1.29 is 18.4 Å². The molecule has 1 atom stereocenters. The number of amides is 3. The van der Waals surface area contributed by atoms with E-state index in [9.17, 15) is 23.2 Å². The van der Waals surface area contributed by atoms with Gasteiger partial charge in [-0.15, -0.1) is 0 Å². The van der Waals surface area contributed by atoms with Gasteiger partial charge in [-0.2, -0.15) is 0 Å². The van der Waals surface area contributed by atoms with E-state index in [1.807, 2.05) is 5.32 Å². The highest BCUT2D eigenvalue weighted by molar-refractivity contribution is 6.07. The first kappa shape index (κ1) is 15.9. The molecule has 6 nitrogen and oxygen atoms in total. The average Bonchev–Trinajstić information content (AvgIpc) is 2.78. The molecular weight excluding hydrogens is 320 g/mol. The van der Waals surface area contributed by atoms with Crippen molar-refractivity contribution in [1.82, 2.24) is 15.2 Å². The molecule has 0 aliphatic carbocycles. The number of benzene rings is 1. The Balaban J connectivity index is 2.17. The standard InChI is InChI=1S/C16H13F2N3O3/c1-9-3-2-6-21(13(9)22)8-16(14(23)19-15(24)20-16)11-5-4-10(17)7-12(11)18/h2-7H,8H2,1H3,(H2,19,20,23,24). The van der Waals surface area contributed by atoms with Crippen LogP contribution in [0.1, 0.15) is 11.1 Å². The second-order valence-corrected chi connectivity index (χ2v) is 5.56. The zero-order chi connectivity index (χ0) is 17.5. The molecular formula is C16H13F2N3O3. The lowest BCUT2D eigenvalue weighted by Crippen LogP contribution is -2.49. The first-order valence-electron chi connectivity index (χ1n) is 7.09. The Morgan fingerprint density at radius 2 is 1.92 bits per heavy atom. The smallest absolute Gasteiger partial charge is 0.318 e. The van der Waals surface area contributed by atoms with Crippen LogP contribution in [-0.4, -0.2) is 16.5 Å². The predicted molar refractivity (Wildman–Crippen MR) is 80.1 cm³/mol. The molecule has 0 radical (unpaired) electrons. The third-order valence-corrected chi connectivity index (χ3v) is 3.95. The Morgan fingerprint density at radius 1 is 1.17 bits per heavy atom. The minimum absolute atomic E-state index is 0.222. The van der Waals surface area contributed by atoms with Gasteiger partial charge in [0, 0.05) is 23.4 Å². The molecule has 2 N–H and O–H groups in total. The van der Waals surface area contributed by atoms with Gasteiger partial charge in [0.1, 0.15) is 11.6 Å². The monoisotopic (exact) mass is 333 g/mol. The molecule has 1 aliphatic heterocycles. The number of urea groups is 1. The molecule has 1 unspecified atom stereocenters. The highest BCUT2D eigenvalue weighted by atomic mass is 19.1. The second kappa shape index (κ2) is 5.55. The Labute approximate surface area is 135 Å². The van der Waals surface area contributed by atoms with Gasteiger partial charge in [-0.3, -0.25) is 14.9 Å². The zero-order valence-corrected chi connectivity index (χ0v) is 12.6. The molecule has 0 spiro atoms. The van der Waals surface area contributed by atoms with E-state index in [2.05, 4.69) is 5.32 Å². The molecule has 2 heterocycles. The van der Waals surface area contributed by atoms with Gasteiger partial charge in [-0.05, 0) is 19.1 Å². The van der Waals surface area contributed by atoms with Crippen molar-refractivity contribution in [2.75, 3.05) is 0 Å². The fraction of sp³-hybridized carbons (Fsp3) is 0.188. The van der Waals surface area contributed by atoms with Crippen molar-refractivity contribution in [3.05, 3.63) is 69.6 Å². The van der Waals surface area contributed by atoms with E-state index in [0.29, 0.717) is 11.6 Å². The Kier molecular flexibility index (Phi) is 3.67. The summed E-state index contributed by atoms with van der Waals surface area (Å²) in [5.74, 6) is -2.62. The number of nitrogens with one attached hydrogen (secondary N) is 2. The summed E-state index contributed by atoms with van der Waals surface area (Å²) in [7, 11) is 0. The van der Waals surface area contributed by atoms with Crippen molar-refractivity contribution in [1.29, 1.82) is 0 Å². The van der Waals surface area contributed by atoms with Crippen molar-refractivity contribution >= 4 is 11.9 Å². The average molecular weight is 333 g/mol. The maximum absolute atomic E-state index is 14.3. The first-order chi connectivity index (χ1) is 11.3. The lowest BCUT2D eigenvalue weighted by atomic mass is 9.89. The normalized spacial score (nSPS) is 20.0. The molecule has 1 saturated heterocycles. The summed E-state index contributed by atoms with van der Waals surface area (Å²) in [6, 6.07) is 5.06. The summed E-state index contributed by atoms with van der Waals surface area (Å²) in [4.78, 5) is 36.2. The molecule has 1 aromatic heterocycles. The van der Waals surface area contributed by atoms with E-state index in [4.69, 9.17) is 0 Å². The molecule has 8 heteroatoms. The summed E-state index contributed by atoms with van der Waals surface area (Å²) in [5.41, 5.74) is -2.02. The van der Waals surface area contributed by atoms with E-state index in [1.54, 1.807) is 19.1 Å². The summed E-state index contributed by atoms with van der Waals surface area (Å²) in [6.07, 6.45) is 1.43. The van der Waals surface area contributed by atoms with Crippen LogP contribution >= 0.6 is 0 Å². The van der Waals surface area contributed by atoms with Gasteiger partial charge in [-0.25, -0.2) is 13.6 Å². The van der Waals surface area contributed by atoms with Crippen LogP contribution in [-0.2, 0) is 16.9 Å².